The van der Waals surface area contributed by atoms with Crippen molar-refractivity contribution in [1.29, 1.82) is 0 Å². The summed E-state index contributed by atoms with van der Waals surface area (Å²) in [5.74, 6) is -1.07. The van der Waals surface area contributed by atoms with Crippen molar-refractivity contribution in [1.82, 2.24) is 16.0 Å². The second-order valence-electron chi connectivity index (χ2n) is 4.48. The lowest BCUT2D eigenvalue weighted by atomic mass is 10.2. The van der Waals surface area contributed by atoms with E-state index in [2.05, 4.69) is 16.0 Å². The molecule has 1 saturated carbocycles. The molecular weight excluding hydrogens is 226 g/mol. The first-order chi connectivity index (χ1) is 8.06. The zero-order valence-electron chi connectivity index (χ0n) is 9.23. The topological polar surface area (TPSA) is 108 Å². The van der Waals surface area contributed by atoms with Gasteiger partial charge in [0.25, 0.3) is 0 Å². The summed E-state index contributed by atoms with van der Waals surface area (Å²) < 4.78 is 0. The molecule has 1 aliphatic heterocycles. The number of hydrogen-bond acceptors (Lipinski definition) is 3. The zero-order valence-corrected chi connectivity index (χ0v) is 9.23. The molecule has 0 aromatic carbocycles. The Kier molecular flexibility index (Phi) is 3.16. The number of hydrogen-bond donors (Lipinski definition) is 4. The Bertz CT molecular complexity index is 353. The van der Waals surface area contributed by atoms with Crippen molar-refractivity contribution in [2.45, 2.75) is 31.3 Å². The van der Waals surface area contributed by atoms with Gasteiger partial charge in [-0.15, -0.1) is 0 Å². The van der Waals surface area contributed by atoms with E-state index in [9.17, 15) is 14.4 Å². The standard InChI is InChI=1S/C10H15N3O4/c14-7-3-6(4-11-7)12-10(17)13-8(9(15)16)5-1-2-5/h5-6,8H,1-4H2,(H,11,14)(H,15,16)(H2,12,13,17). The molecule has 0 spiro atoms. The zero-order chi connectivity index (χ0) is 12.4. The van der Waals surface area contributed by atoms with Crippen molar-refractivity contribution >= 4 is 17.9 Å². The lowest BCUT2D eigenvalue weighted by Crippen LogP contribution is -2.50. The number of carbonyl (C=O) groups is 3. The van der Waals surface area contributed by atoms with Crippen LogP contribution >= 0.6 is 0 Å². The summed E-state index contributed by atoms with van der Waals surface area (Å²) in [6.45, 7) is 0.396. The Hall–Kier alpha value is -1.79. The highest BCUT2D eigenvalue weighted by Crippen LogP contribution is 2.32. The summed E-state index contributed by atoms with van der Waals surface area (Å²) in [5.41, 5.74) is 0. The normalized spacial score (nSPS) is 24.9. The van der Waals surface area contributed by atoms with Crippen LogP contribution in [0.4, 0.5) is 4.79 Å². The molecule has 0 bridgehead atoms. The first kappa shape index (κ1) is 11.7. The fourth-order valence-corrected chi connectivity index (χ4v) is 1.89. The maximum absolute atomic E-state index is 11.5. The van der Waals surface area contributed by atoms with E-state index in [0.717, 1.165) is 12.8 Å². The van der Waals surface area contributed by atoms with Gasteiger partial charge in [0.1, 0.15) is 6.04 Å². The predicted molar refractivity (Wildman–Crippen MR) is 57.2 cm³/mol. The number of aliphatic carboxylic acids is 1. The van der Waals surface area contributed by atoms with E-state index < -0.39 is 18.0 Å². The van der Waals surface area contributed by atoms with Gasteiger partial charge in [-0.2, -0.15) is 0 Å². The first-order valence-electron chi connectivity index (χ1n) is 5.63. The predicted octanol–water partition coefficient (Wildman–Crippen LogP) is -0.963. The maximum atomic E-state index is 11.5. The monoisotopic (exact) mass is 241 g/mol. The third-order valence-electron chi connectivity index (χ3n) is 2.96. The van der Waals surface area contributed by atoms with Gasteiger partial charge in [-0.05, 0) is 18.8 Å². The Morgan fingerprint density at radius 2 is 2.12 bits per heavy atom. The van der Waals surface area contributed by atoms with Gasteiger partial charge in [0, 0.05) is 13.0 Å². The summed E-state index contributed by atoms with van der Waals surface area (Å²) in [6.07, 6.45) is 1.91. The molecule has 3 amide bonds. The summed E-state index contributed by atoms with van der Waals surface area (Å²) in [4.78, 5) is 33.3. The number of urea groups is 1. The molecule has 7 nitrogen and oxygen atoms in total. The van der Waals surface area contributed by atoms with Crippen molar-refractivity contribution in [2.75, 3.05) is 6.54 Å². The van der Waals surface area contributed by atoms with Crippen LogP contribution in [0.1, 0.15) is 19.3 Å². The van der Waals surface area contributed by atoms with E-state index in [1.54, 1.807) is 0 Å². The lowest BCUT2D eigenvalue weighted by molar-refractivity contribution is -0.139. The molecule has 1 heterocycles. The van der Waals surface area contributed by atoms with Crippen LogP contribution in [-0.4, -0.2) is 41.6 Å². The Morgan fingerprint density at radius 1 is 1.41 bits per heavy atom. The second-order valence-corrected chi connectivity index (χ2v) is 4.48. The maximum Gasteiger partial charge on any atom is 0.326 e. The molecule has 2 unspecified atom stereocenters. The minimum atomic E-state index is -1.01. The third kappa shape index (κ3) is 3.08. The Labute approximate surface area is 97.9 Å². The van der Waals surface area contributed by atoms with Crippen molar-refractivity contribution in [3.05, 3.63) is 0 Å². The van der Waals surface area contributed by atoms with Gasteiger partial charge in [-0.3, -0.25) is 4.79 Å². The molecule has 2 aliphatic rings. The van der Waals surface area contributed by atoms with E-state index in [1.165, 1.54) is 0 Å². The Morgan fingerprint density at radius 3 is 2.59 bits per heavy atom. The number of carbonyl (C=O) groups excluding carboxylic acids is 2. The molecule has 0 radical (unpaired) electrons. The summed E-state index contributed by atoms with van der Waals surface area (Å²) >= 11 is 0. The van der Waals surface area contributed by atoms with Crippen molar-refractivity contribution in [3.8, 4) is 0 Å². The third-order valence-corrected chi connectivity index (χ3v) is 2.96. The van der Waals surface area contributed by atoms with Crippen LogP contribution in [0.15, 0.2) is 0 Å². The van der Waals surface area contributed by atoms with Gasteiger partial charge in [-0.1, -0.05) is 0 Å². The smallest absolute Gasteiger partial charge is 0.326 e. The molecule has 1 aliphatic carbocycles. The average Bonchev–Trinajstić information content (AvgIpc) is 3.00. The fourth-order valence-electron chi connectivity index (χ4n) is 1.89. The summed E-state index contributed by atoms with van der Waals surface area (Å²) in [7, 11) is 0. The number of amides is 3. The molecule has 94 valence electrons. The summed E-state index contributed by atoms with van der Waals surface area (Å²) in [6, 6.07) is -1.60. The molecule has 7 heteroatoms. The van der Waals surface area contributed by atoms with Gasteiger partial charge in [0.05, 0.1) is 6.04 Å². The number of nitrogens with one attached hydrogen (secondary N) is 3. The molecule has 1 saturated heterocycles. The first-order valence-corrected chi connectivity index (χ1v) is 5.63. The van der Waals surface area contributed by atoms with Crippen LogP contribution in [0.25, 0.3) is 0 Å². The van der Waals surface area contributed by atoms with E-state index in [0.29, 0.717) is 6.54 Å². The van der Waals surface area contributed by atoms with Crippen molar-refractivity contribution in [3.63, 3.8) is 0 Å². The highest BCUT2D eigenvalue weighted by molar-refractivity contribution is 5.84. The molecule has 2 fully saturated rings. The second kappa shape index (κ2) is 4.60. The molecule has 2 atom stereocenters. The SMILES string of the molecule is O=C1CC(NC(=O)NC(C(=O)O)C2CC2)CN1. The van der Waals surface area contributed by atoms with Crippen molar-refractivity contribution in [2.24, 2.45) is 5.92 Å². The van der Waals surface area contributed by atoms with Gasteiger partial charge < -0.3 is 21.1 Å². The Balaban J connectivity index is 1.79. The average molecular weight is 241 g/mol. The van der Waals surface area contributed by atoms with Gasteiger partial charge in [0.2, 0.25) is 5.91 Å². The van der Waals surface area contributed by atoms with Crippen LogP contribution in [0.5, 0.6) is 0 Å². The number of rotatable bonds is 4. The minimum absolute atomic E-state index is 0.0431. The molecule has 4 N–H and O–H groups in total. The largest absolute Gasteiger partial charge is 0.480 e. The van der Waals surface area contributed by atoms with Crippen LogP contribution < -0.4 is 16.0 Å². The number of carboxylic acids is 1. The lowest BCUT2D eigenvalue weighted by Gasteiger charge is -2.16. The molecule has 0 aromatic heterocycles. The molecule has 2 rings (SSSR count). The summed E-state index contributed by atoms with van der Waals surface area (Å²) in [5, 5.41) is 16.5. The van der Waals surface area contributed by atoms with E-state index >= 15 is 0 Å². The van der Waals surface area contributed by atoms with Crippen LogP contribution in [0.3, 0.4) is 0 Å². The van der Waals surface area contributed by atoms with E-state index in [4.69, 9.17) is 5.11 Å². The molecule has 0 aromatic rings. The highest BCUT2D eigenvalue weighted by Gasteiger charge is 2.37. The van der Waals surface area contributed by atoms with Crippen LogP contribution in [0.2, 0.25) is 0 Å². The fraction of sp³-hybridized carbons (Fsp3) is 0.700. The molecular formula is C10H15N3O4. The highest BCUT2D eigenvalue weighted by atomic mass is 16.4. The van der Waals surface area contributed by atoms with E-state index in [1.807, 2.05) is 0 Å². The quantitative estimate of drug-likeness (QED) is 0.508. The van der Waals surface area contributed by atoms with Gasteiger partial charge >= 0.3 is 12.0 Å². The van der Waals surface area contributed by atoms with Gasteiger partial charge in [0.15, 0.2) is 0 Å². The minimum Gasteiger partial charge on any atom is -0.480 e. The van der Waals surface area contributed by atoms with Crippen molar-refractivity contribution < 1.29 is 19.5 Å². The molecule has 17 heavy (non-hydrogen) atoms. The van der Waals surface area contributed by atoms with Gasteiger partial charge in [-0.25, -0.2) is 9.59 Å². The van der Waals surface area contributed by atoms with E-state index in [-0.39, 0.29) is 24.3 Å². The van der Waals surface area contributed by atoms with Crippen LogP contribution in [-0.2, 0) is 9.59 Å². The van der Waals surface area contributed by atoms with Crippen LogP contribution in [0, 0.1) is 5.92 Å². The number of carboxylic acid groups (broad SMARTS) is 1.